The number of rotatable bonds is 4. The van der Waals surface area contributed by atoms with Gasteiger partial charge in [-0.2, -0.15) is 0 Å². The van der Waals surface area contributed by atoms with Gasteiger partial charge in [0, 0.05) is 12.1 Å². The second-order valence-electron chi connectivity index (χ2n) is 2.89. The van der Waals surface area contributed by atoms with Crippen molar-refractivity contribution < 1.29 is 19.6 Å². The van der Waals surface area contributed by atoms with Gasteiger partial charge in [0.05, 0.1) is 4.92 Å². The Bertz CT molecular complexity index is 401. The highest BCUT2D eigenvalue weighted by molar-refractivity contribution is 5.68. The van der Waals surface area contributed by atoms with Gasteiger partial charge in [-0.05, 0) is 18.6 Å². The SMILES string of the molecule is Cc1cc([N+](=O)[O-])ccc1OCC(=O)O. The van der Waals surface area contributed by atoms with Crippen LogP contribution in [0.1, 0.15) is 5.56 Å². The Hall–Kier alpha value is -2.11. The number of hydrogen-bond acceptors (Lipinski definition) is 4. The highest BCUT2D eigenvalue weighted by atomic mass is 16.6. The fraction of sp³-hybridized carbons (Fsp3) is 0.222. The predicted molar refractivity (Wildman–Crippen MR) is 51.0 cm³/mol. The highest BCUT2D eigenvalue weighted by Crippen LogP contribution is 2.22. The van der Waals surface area contributed by atoms with Crippen LogP contribution in [0.5, 0.6) is 5.75 Å². The minimum absolute atomic E-state index is 0.0461. The van der Waals surface area contributed by atoms with Gasteiger partial charge in [0.2, 0.25) is 0 Å². The zero-order valence-electron chi connectivity index (χ0n) is 7.97. The first-order chi connectivity index (χ1) is 7.00. The predicted octanol–water partition coefficient (Wildman–Crippen LogP) is 1.37. The molecule has 0 radical (unpaired) electrons. The number of hydrogen-bond donors (Lipinski definition) is 1. The van der Waals surface area contributed by atoms with E-state index in [9.17, 15) is 14.9 Å². The number of carbonyl (C=O) groups is 1. The van der Waals surface area contributed by atoms with E-state index in [0.717, 1.165) is 0 Å². The van der Waals surface area contributed by atoms with Gasteiger partial charge in [0.15, 0.2) is 6.61 Å². The third-order valence-electron chi connectivity index (χ3n) is 1.72. The van der Waals surface area contributed by atoms with Crippen molar-refractivity contribution >= 4 is 11.7 Å². The summed E-state index contributed by atoms with van der Waals surface area (Å²) < 4.78 is 4.91. The summed E-state index contributed by atoms with van der Waals surface area (Å²) in [6.45, 7) is 1.16. The molecular weight excluding hydrogens is 202 g/mol. The van der Waals surface area contributed by atoms with Crippen LogP contribution < -0.4 is 4.74 Å². The molecule has 1 N–H and O–H groups in total. The lowest BCUT2D eigenvalue weighted by Crippen LogP contribution is -2.10. The lowest BCUT2D eigenvalue weighted by atomic mass is 10.2. The molecule has 0 heterocycles. The van der Waals surface area contributed by atoms with Crippen molar-refractivity contribution in [2.75, 3.05) is 6.61 Å². The van der Waals surface area contributed by atoms with E-state index < -0.39 is 17.5 Å². The molecule has 0 fully saturated rings. The Morgan fingerprint density at radius 1 is 1.60 bits per heavy atom. The third kappa shape index (κ3) is 2.94. The van der Waals surface area contributed by atoms with Crippen LogP contribution in [0.3, 0.4) is 0 Å². The van der Waals surface area contributed by atoms with Gasteiger partial charge in [-0.25, -0.2) is 4.79 Å². The van der Waals surface area contributed by atoms with Gasteiger partial charge < -0.3 is 9.84 Å². The monoisotopic (exact) mass is 211 g/mol. The molecule has 0 bridgehead atoms. The lowest BCUT2D eigenvalue weighted by molar-refractivity contribution is -0.384. The summed E-state index contributed by atoms with van der Waals surface area (Å²) in [6, 6.07) is 3.98. The number of ether oxygens (including phenoxy) is 1. The zero-order valence-corrected chi connectivity index (χ0v) is 7.97. The van der Waals surface area contributed by atoms with Crippen LogP contribution in [0, 0.1) is 17.0 Å². The van der Waals surface area contributed by atoms with Crippen molar-refractivity contribution in [2.45, 2.75) is 6.92 Å². The topological polar surface area (TPSA) is 89.7 Å². The molecule has 15 heavy (non-hydrogen) atoms. The molecule has 80 valence electrons. The standard InChI is InChI=1S/C9H9NO5/c1-6-4-7(10(13)14)2-3-8(6)15-5-9(11)12/h2-4H,5H2,1H3,(H,11,12). The largest absolute Gasteiger partial charge is 0.482 e. The molecule has 0 aliphatic heterocycles. The van der Waals surface area contributed by atoms with Gasteiger partial charge >= 0.3 is 5.97 Å². The zero-order chi connectivity index (χ0) is 11.4. The Labute approximate surface area is 85.2 Å². The second kappa shape index (κ2) is 4.41. The van der Waals surface area contributed by atoms with Crippen LogP contribution in [0.2, 0.25) is 0 Å². The normalized spacial score (nSPS) is 9.67. The third-order valence-corrected chi connectivity index (χ3v) is 1.72. The average molecular weight is 211 g/mol. The minimum atomic E-state index is -1.09. The van der Waals surface area contributed by atoms with Crippen molar-refractivity contribution in [3.63, 3.8) is 0 Å². The molecule has 6 heteroatoms. The smallest absolute Gasteiger partial charge is 0.341 e. The van der Waals surface area contributed by atoms with Crippen molar-refractivity contribution in [1.82, 2.24) is 0 Å². The number of aryl methyl sites for hydroxylation is 1. The fourth-order valence-electron chi connectivity index (χ4n) is 1.05. The number of aliphatic carboxylic acids is 1. The van der Waals surface area contributed by atoms with E-state index in [1.807, 2.05) is 0 Å². The maximum atomic E-state index is 10.4. The van der Waals surface area contributed by atoms with Crippen LogP contribution in [0.4, 0.5) is 5.69 Å². The van der Waals surface area contributed by atoms with E-state index in [1.165, 1.54) is 18.2 Å². The van der Waals surface area contributed by atoms with E-state index in [-0.39, 0.29) is 5.69 Å². The Morgan fingerprint density at radius 2 is 2.27 bits per heavy atom. The first-order valence-electron chi connectivity index (χ1n) is 4.10. The minimum Gasteiger partial charge on any atom is -0.482 e. The summed E-state index contributed by atoms with van der Waals surface area (Å²) in [6.07, 6.45) is 0. The van der Waals surface area contributed by atoms with E-state index >= 15 is 0 Å². The van der Waals surface area contributed by atoms with Crippen molar-refractivity contribution in [3.05, 3.63) is 33.9 Å². The highest BCUT2D eigenvalue weighted by Gasteiger charge is 2.09. The Balaban J connectivity index is 2.83. The molecule has 0 aromatic heterocycles. The molecule has 0 unspecified atom stereocenters. The molecule has 0 amide bonds. The fourth-order valence-corrected chi connectivity index (χ4v) is 1.05. The molecule has 0 spiro atoms. The maximum Gasteiger partial charge on any atom is 0.341 e. The summed E-state index contributed by atoms with van der Waals surface area (Å²) in [5.74, 6) is -0.754. The second-order valence-corrected chi connectivity index (χ2v) is 2.89. The quantitative estimate of drug-likeness (QED) is 0.600. The number of non-ortho nitro benzene ring substituents is 1. The van der Waals surface area contributed by atoms with E-state index in [4.69, 9.17) is 9.84 Å². The first kappa shape index (κ1) is 11.0. The number of nitro groups is 1. The van der Waals surface area contributed by atoms with Crippen LogP contribution in [0.25, 0.3) is 0 Å². The van der Waals surface area contributed by atoms with Gasteiger partial charge in [0.25, 0.3) is 5.69 Å². The molecule has 6 nitrogen and oxygen atoms in total. The molecule has 0 atom stereocenters. The molecule has 0 aliphatic carbocycles. The van der Waals surface area contributed by atoms with Crippen LogP contribution in [0.15, 0.2) is 18.2 Å². The number of benzene rings is 1. The lowest BCUT2D eigenvalue weighted by Gasteiger charge is -2.05. The number of nitrogens with zero attached hydrogens (tertiary/aromatic N) is 1. The molecular formula is C9H9NO5. The van der Waals surface area contributed by atoms with Gasteiger partial charge in [-0.3, -0.25) is 10.1 Å². The molecule has 0 saturated heterocycles. The first-order valence-corrected chi connectivity index (χ1v) is 4.10. The van der Waals surface area contributed by atoms with Crippen LogP contribution in [-0.4, -0.2) is 22.6 Å². The Morgan fingerprint density at radius 3 is 2.73 bits per heavy atom. The van der Waals surface area contributed by atoms with Gasteiger partial charge in [-0.15, -0.1) is 0 Å². The summed E-state index contributed by atoms with van der Waals surface area (Å²) in [5, 5.41) is 18.8. The summed E-state index contributed by atoms with van der Waals surface area (Å²) in [7, 11) is 0. The van der Waals surface area contributed by atoms with Crippen molar-refractivity contribution in [3.8, 4) is 5.75 Å². The summed E-state index contributed by atoms with van der Waals surface area (Å²) in [4.78, 5) is 20.1. The number of nitro benzene ring substituents is 1. The summed E-state index contributed by atoms with van der Waals surface area (Å²) in [5.41, 5.74) is 0.487. The van der Waals surface area contributed by atoms with E-state index in [0.29, 0.717) is 11.3 Å². The van der Waals surface area contributed by atoms with Crippen LogP contribution in [-0.2, 0) is 4.79 Å². The van der Waals surface area contributed by atoms with E-state index in [2.05, 4.69) is 0 Å². The average Bonchev–Trinajstić information content (AvgIpc) is 2.15. The van der Waals surface area contributed by atoms with Crippen LogP contribution >= 0.6 is 0 Å². The van der Waals surface area contributed by atoms with E-state index in [1.54, 1.807) is 6.92 Å². The number of carboxylic acid groups (broad SMARTS) is 1. The van der Waals surface area contributed by atoms with Gasteiger partial charge in [0.1, 0.15) is 5.75 Å². The molecule has 0 aliphatic rings. The van der Waals surface area contributed by atoms with Crippen molar-refractivity contribution in [1.29, 1.82) is 0 Å². The number of carboxylic acids is 1. The summed E-state index contributed by atoms with van der Waals surface area (Å²) >= 11 is 0. The molecule has 1 aromatic carbocycles. The van der Waals surface area contributed by atoms with Crippen molar-refractivity contribution in [2.24, 2.45) is 0 Å². The Kier molecular flexibility index (Phi) is 3.22. The molecule has 0 saturated carbocycles. The van der Waals surface area contributed by atoms with Gasteiger partial charge in [-0.1, -0.05) is 0 Å². The maximum absolute atomic E-state index is 10.4. The molecule has 1 rings (SSSR count). The molecule has 1 aromatic rings.